The third-order valence-corrected chi connectivity index (χ3v) is 1.19. The molecule has 0 rings (SSSR count). The molecular weight excluding hydrogens is 134 g/mol. The Morgan fingerprint density at radius 3 is 2.60 bits per heavy atom. The number of aliphatic hydroxyl groups is 1. The van der Waals surface area contributed by atoms with Crippen LogP contribution in [0.2, 0.25) is 0 Å². The van der Waals surface area contributed by atoms with E-state index in [2.05, 4.69) is 5.18 Å². The Hall–Kier alpha value is -0.770. The van der Waals surface area contributed by atoms with Gasteiger partial charge in [-0.25, -0.2) is 0 Å². The molecule has 0 aliphatic rings. The molecule has 1 unspecified atom stereocenters. The maximum atomic E-state index is 10.4. The lowest BCUT2D eigenvalue weighted by atomic mass is 10.1. The van der Waals surface area contributed by atoms with E-state index in [1.165, 1.54) is 6.92 Å². The molecule has 10 heavy (non-hydrogen) atoms. The van der Waals surface area contributed by atoms with Crippen molar-refractivity contribution in [1.82, 2.24) is 0 Å². The Balaban J connectivity index is 3.44. The summed E-state index contributed by atoms with van der Waals surface area (Å²) in [6.07, 6.45) is 0.673. The van der Waals surface area contributed by atoms with E-state index in [-0.39, 0.29) is 12.4 Å². The normalized spacial score (nSPS) is 12.6. The molecule has 0 aliphatic heterocycles. The standard InChI is InChI=1S/C6H11NO3/c1-5(9)2-3-6(4-8)7-10/h6,8H,2-4H2,1H3. The summed E-state index contributed by atoms with van der Waals surface area (Å²) in [5.74, 6) is 0.0158. The topological polar surface area (TPSA) is 66.7 Å². The number of nitroso groups, excluding NO2 is 1. The van der Waals surface area contributed by atoms with E-state index in [1.54, 1.807) is 0 Å². The molecule has 58 valence electrons. The lowest BCUT2D eigenvalue weighted by Crippen LogP contribution is -2.10. The van der Waals surface area contributed by atoms with Crippen LogP contribution >= 0.6 is 0 Å². The number of ketones is 1. The Morgan fingerprint density at radius 2 is 2.30 bits per heavy atom. The number of rotatable bonds is 5. The molecule has 0 fully saturated rings. The second kappa shape index (κ2) is 5.05. The molecule has 1 N–H and O–H groups in total. The molecule has 0 aliphatic carbocycles. The summed E-state index contributed by atoms with van der Waals surface area (Å²) in [5.41, 5.74) is 0. The van der Waals surface area contributed by atoms with E-state index >= 15 is 0 Å². The summed E-state index contributed by atoms with van der Waals surface area (Å²) in [4.78, 5) is 20.2. The van der Waals surface area contributed by atoms with Crippen molar-refractivity contribution in [3.63, 3.8) is 0 Å². The number of Topliss-reactive ketones (excluding diaryl/α,β-unsaturated/α-hetero) is 1. The Morgan fingerprint density at radius 1 is 1.70 bits per heavy atom. The monoisotopic (exact) mass is 145 g/mol. The second-order valence-corrected chi connectivity index (χ2v) is 2.18. The molecule has 0 heterocycles. The van der Waals surface area contributed by atoms with Crippen LogP contribution < -0.4 is 0 Å². The summed E-state index contributed by atoms with van der Waals surface area (Å²) in [5, 5.41) is 11.1. The zero-order valence-electron chi connectivity index (χ0n) is 5.91. The summed E-state index contributed by atoms with van der Waals surface area (Å²) in [6, 6.07) is -0.608. The Labute approximate surface area is 59.2 Å². The predicted octanol–water partition coefficient (Wildman–Crippen LogP) is 0.483. The van der Waals surface area contributed by atoms with Gasteiger partial charge in [-0.15, -0.1) is 0 Å². The van der Waals surface area contributed by atoms with E-state index in [0.29, 0.717) is 12.8 Å². The summed E-state index contributed by atoms with van der Waals surface area (Å²) in [6.45, 7) is 1.18. The van der Waals surface area contributed by atoms with Gasteiger partial charge in [0.15, 0.2) is 0 Å². The maximum absolute atomic E-state index is 10.4. The molecule has 0 radical (unpaired) electrons. The van der Waals surface area contributed by atoms with E-state index < -0.39 is 6.04 Å². The minimum absolute atomic E-state index is 0.0158. The number of nitrogens with zero attached hydrogens (tertiary/aromatic N) is 1. The molecule has 1 atom stereocenters. The lowest BCUT2D eigenvalue weighted by molar-refractivity contribution is -0.117. The maximum Gasteiger partial charge on any atom is 0.129 e. The fraction of sp³-hybridized carbons (Fsp3) is 0.833. The van der Waals surface area contributed by atoms with Crippen LogP contribution in [-0.4, -0.2) is 23.5 Å². The van der Waals surface area contributed by atoms with Crippen LogP contribution in [0.4, 0.5) is 0 Å². The zero-order chi connectivity index (χ0) is 7.98. The molecule has 4 nitrogen and oxygen atoms in total. The number of hydrogen-bond acceptors (Lipinski definition) is 4. The highest BCUT2D eigenvalue weighted by Gasteiger charge is 2.06. The fourth-order valence-corrected chi connectivity index (χ4v) is 0.547. The summed E-state index contributed by atoms with van der Waals surface area (Å²) < 4.78 is 0. The first kappa shape index (κ1) is 9.23. The van der Waals surface area contributed by atoms with Crippen LogP contribution in [0.15, 0.2) is 5.18 Å². The van der Waals surface area contributed by atoms with Crippen molar-refractivity contribution >= 4 is 5.78 Å². The van der Waals surface area contributed by atoms with E-state index in [9.17, 15) is 9.70 Å². The SMILES string of the molecule is CC(=O)CCC(CO)N=O. The summed E-state index contributed by atoms with van der Waals surface area (Å²) in [7, 11) is 0. The number of hydrogen-bond donors (Lipinski definition) is 1. The van der Waals surface area contributed by atoms with Crippen molar-refractivity contribution in [2.75, 3.05) is 6.61 Å². The minimum Gasteiger partial charge on any atom is -0.394 e. The average Bonchev–Trinajstić information content (AvgIpc) is 1.90. The van der Waals surface area contributed by atoms with Crippen LogP contribution in [0.1, 0.15) is 19.8 Å². The molecule has 0 saturated carbocycles. The number of carbonyl (C=O) groups excluding carboxylic acids is 1. The molecule has 0 spiro atoms. The highest BCUT2D eigenvalue weighted by atomic mass is 16.3. The first-order valence-electron chi connectivity index (χ1n) is 3.13. The molecule has 0 saturated heterocycles. The first-order chi connectivity index (χ1) is 4.70. The average molecular weight is 145 g/mol. The van der Waals surface area contributed by atoms with Gasteiger partial charge in [0.2, 0.25) is 0 Å². The highest BCUT2D eigenvalue weighted by Crippen LogP contribution is 2.00. The third kappa shape index (κ3) is 4.14. The zero-order valence-corrected chi connectivity index (χ0v) is 5.91. The fourth-order valence-electron chi connectivity index (χ4n) is 0.547. The van der Waals surface area contributed by atoms with Crippen LogP contribution in [-0.2, 0) is 4.79 Å². The van der Waals surface area contributed by atoms with E-state index in [0.717, 1.165) is 0 Å². The highest BCUT2D eigenvalue weighted by molar-refractivity contribution is 5.75. The predicted molar refractivity (Wildman–Crippen MR) is 36.6 cm³/mol. The van der Waals surface area contributed by atoms with Crippen molar-refractivity contribution in [2.24, 2.45) is 5.18 Å². The van der Waals surface area contributed by atoms with Gasteiger partial charge in [-0.05, 0) is 13.3 Å². The van der Waals surface area contributed by atoms with Crippen LogP contribution in [0.25, 0.3) is 0 Å². The second-order valence-electron chi connectivity index (χ2n) is 2.18. The lowest BCUT2D eigenvalue weighted by Gasteiger charge is -2.00. The van der Waals surface area contributed by atoms with Gasteiger partial charge < -0.3 is 9.90 Å². The van der Waals surface area contributed by atoms with Crippen LogP contribution in [0.3, 0.4) is 0 Å². The molecule has 4 heteroatoms. The molecule has 0 amide bonds. The van der Waals surface area contributed by atoms with Crippen molar-refractivity contribution in [3.05, 3.63) is 4.91 Å². The van der Waals surface area contributed by atoms with Crippen molar-refractivity contribution < 1.29 is 9.90 Å². The van der Waals surface area contributed by atoms with Gasteiger partial charge in [0.25, 0.3) is 0 Å². The first-order valence-corrected chi connectivity index (χ1v) is 3.13. The molecule has 0 bridgehead atoms. The van der Waals surface area contributed by atoms with Gasteiger partial charge in [0.1, 0.15) is 11.8 Å². The van der Waals surface area contributed by atoms with Crippen LogP contribution in [0, 0.1) is 4.91 Å². The van der Waals surface area contributed by atoms with Crippen molar-refractivity contribution in [1.29, 1.82) is 0 Å². The van der Waals surface area contributed by atoms with Gasteiger partial charge >= 0.3 is 0 Å². The number of aliphatic hydroxyl groups excluding tert-OH is 1. The van der Waals surface area contributed by atoms with Gasteiger partial charge in [-0.3, -0.25) is 0 Å². The van der Waals surface area contributed by atoms with Gasteiger partial charge in [-0.2, -0.15) is 4.91 Å². The van der Waals surface area contributed by atoms with Crippen molar-refractivity contribution in [3.8, 4) is 0 Å². The third-order valence-electron chi connectivity index (χ3n) is 1.19. The number of carbonyl (C=O) groups is 1. The smallest absolute Gasteiger partial charge is 0.129 e. The van der Waals surface area contributed by atoms with Crippen molar-refractivity contribution in [2.45, 2.75) is 25.8 Å². The van der Waals surface area contributed by atoms with Gasteiger partial charge in [0, 0.05) is 6.42 Å². The summed E-state index contributed by atoms with van der Waals surface area (Å²) >= 11 is 0. The van der Waals surface area contributed by atoms with Crippen LogP contribution in [0.5, 0.6) is 0 Å². The quantitative estimate of drug-likeness (QED) is 0.572. The Kier molecular flexibility index (Phi) is 4.66. The van der Waals surface area contributed by atoms with E-state index in [4.69, 9.17) is 5.11 Å². The largest absolute Gasteiger partial charge is 0.394 e. The van der Waals surface area contributed by atoms with Gasteiger partial charge in [-0.1, -0.05) is 5.18 Å². The van der Waals surface area contributed by atoms with Gasteiger partial charge in [0.05, 0.1) is 6.61 Å². The molecular formula is C6H11NO3. The van der Waals surface area contributed by atoms with E-state index in [1.807, 2.05) is 0 Å². The molecule has 0 aromatic heterocycles. The molecule has 0 aromatic carbocycles. The minimum atomic E-state index is -0.608. The Bertz CT molecular complexity index is 124. The molecule has 0 aromatic rings.